The van der Waals surface area contributed by atoms with Gasteiger partial charge in [0.25, 0.3) is 5.56 Å². The lowest BCUT2D eigenvalue weighted by Gasteiger charge is -2.10. The highest BCUT2D eigenvalue weighted by Crippen LogP contribution is 2.16. The third-order valence-electron chi connectivity index (χ3n) is 3.10. The number of ether oxygens (including phenoxy) is 1. The Bertz CT molecular complexity index is 777. The third-order valence-corrected chi connectivity index (χ3v) is 3.10. The SMILES string of the molecule is COCCn1nc(-n2ccnc2)c2ccccc2c1=O. The number of benzene rings is 1. The molecule has 102 valence electrons. The van der Waals surface area contributed by atoms with Gasteiger partial charge in [-0.15, -0.1) is 0 Å². The van der Waals surface area contributed by atoms with Crippen LogP contribution in [0.1, 0.15) is 0 Å². The Morgan fingerprint density at radius 3 is 2.75 bits per heavy atom. The molecule has 0 aliphatic rings. The first-order valence-electron chi connectivity index (χ1n) is 6.28. The lowest BCUT2D eigenvalue weighted by molar-refractivity contribution is 0.182. The molecule has 0 bridgehead atoms. The summed E-state index contributed by atoms with van der Waals surface area (Å²) in [6.07, 6.45) is 5.15. The second-order valence-corrected chi connectivity index (χ2v) is 4.36. The van der Waals surface area contributed by atoms with Gasteiger partial charge < -0.3 is 4.74 Å². The van der Waals surface area contributed by atoms with Crippen molar-refractivity contribution in [3.63, 3.8) is 0 Å². The van der Waals surface area contributed by atoms with Crippen LogP contribution in [-0.4, -0.2) is 33.0 Å². The van der Waals surface area contributed by atoms with Crippen molar-refractivity contribution in [3.05, 3.63) is 53.3 Å². The van der Waals surface area contributed by atoms with E-state index in [1.807, 2.05) is 24.3 Å². The summed E-state index contributed by atoms with van der Waals surface area (Å²) in [6, 6.07) is 7.44. The predicted molar refractivity (Wildman–Crippen MR) is 75.0 cm³/mol. The maximum Gasteiger partial charge on any atom is 0.274 e. The number of hydrogen-bond donors (Lipinski definition) is 0. The molecule has 0 saturated carbocycles. The molecule has 0 aliphatic carbocycles. The Morgan fingerprint density at radius 2 is 2.05 bits per heavy atom. The topological polar surface area (TPSA) is 61.9 Å². The van der Waals surface area contributed by atoms with E-state index in [0.29, 0.717) is 24.4 Å². The van der Waals surface area contributed by atoms with Crippen molar-refractivity contribution in [2.75, 3.05) is 13.7 Å². The lowest BCUT2D eigenvalue weighted by Crippen LogP contribution is -2.26. The summed E-state index contributed by atoms with van der Waals surface area (Å²) in [7, 11) is 1.60. The van der Waals surface area contributed by atoms with E-state index >= 15 is 0 Å². The summed E-state index contributed by atoms with van der Waals surface area (Å²) in [5.74, 6) is 0.689. The van der Waals surface area contributed by atoms with E-state index in [0.717, 1.165) is 5.39 Å². The number of imidazole rings is 1. The molecule has 0 fully saturated rings. The van der Waals surface area contributed by atoms with Gasteiger partial charge in [-0.05, 0) is 6.07 Å². The number of nitrogens with zero attached hydrogens (tertiary/aromatic N) is 4. The normalized spacial score (nSPS) is 11.1. The zero-order chi connectivity index (χ0) is 13.9. The van der Waals surface area contributed by atoms with Crippen LogP contribution in [0.2, 0.25) is 0 Å². The van der Waals surface area contributed by atoms with Gasteiger partial charge in [0.2, 0.25) is 0 Å². The van der Waals surface area contributed by atoms with E-state index < -0.39 is 0 Å². The maximum atomic E-state index is 12.4. The molecule has 0 radical (unpaired) electrons. The molecule has 2 heterocycles. The van der Waals surface area contributed by atoms with Crippen LogP contribution in [0.4, 0.5) is 0 Å². The van der Waals surface area contributed by atoms with E-state index in [1.54, 1.807) is 30.4 Å². The molecule has 0 spiro atoms. The molecule has 3 aromatic rings. The molecule has 0 aliphatic heterocycles. The quantitative estimate of drug-likeness (QED) is 0.715. The van der Waals surface area contributed by atoms with E-state index in [-0.39, 0.29) is 5.56 Å². The molecule has 2 aromatic heterocycles. The fourth-order valence-corrected chi connectivity index (χ4v) is 2.12. The van der Waals surface area contributed by atoms with Crippen molar-refractivity contribution in [2.45, 2.75) is 6.54 Å². The summed E-state index contributed by atoms with van der Waals surface area (Å²) < 4.78 is 8.25. The standard InChI is InChI=1S/C14H14N4O2/c1-20-9-8-18-14(19)12-5-3-2-4-11(12)13(16-18)17-7-6-15-10-17/h2-7,10H,8-9H2,1H3. The number of aromatic nitrogens is 4. The largest absolute Gasteiger partial charge is 0.383 e. The highest BCUT2D eigenvalue weighted by atomic mass is 16.5. The van der Waals surface area contributed by atoms with Gasteiger partial charge in [-0.25, -0.2) is 9.67 Å². The van der Waals surface area contributed by atoms with Crippen LogP contribution in [0.5, 0.6) is 0 Å². The number of fused-ring (bicyclic) bond motifs is 1. The van der Waals surface area contributed by atoms with Crippen molar-refractivity contribution in [1.82, 2.24) is 19.3 Å². The molecule has 6 heteroatoms. The second kappa shape index (κ2) is 5.26. The fourth-order valence-electron chi connectivity index (χ4n) is 2.12. The monoisotopic (exact) mass is 270 g/mol. The van der Waals surface area contributed by atoms with Crippen LogP contribution in [-0.2, 0) is 11.3 Å². The number of rotatable bonds is 4. The van der Waals surface area contributed by atoms with Crippen molar-refractivity contribution in [1.29, 1.82) is 0 Å². The van der Waals surface area contributed by atoms with Gasteiger partial charge in [-0.2, -0.15) is 5.10 Å². The smallest absolute Gasteiger partial charge is 0.274 e. The Balaban J connectivity index is 2.27. The van der Waals surface area contributed by atoms with Gasteiger partial charge >= 0.3 is 0 Å². The molecule has 6 nitrogen and oxygen atoms in total. The molecule has 20 heavy (non-hydrogen) atoms. The predicted octanol–water partition coefficient (Wildman–Crippen LogP) is 1.23. The third kappa shape index (κ3) is 2.10. The van der Waals surface area contributed by atoms with Crippen molar-refractivity contribution in [2.24, 2.45) is 0 Å². The molecule has 0 atom stereocenters. The molecule has 0 saturated heterocycles. The van der Waals surface area contributed by atoms with E-state index in [9.17, 15) is 4.79 Å². The summed E-state index contributed by atoms with van der Waals surface area (Å²) in [4.78, 5) is 16.4. The van der Waals surface area contributed by atoms with Crippen molar-refractivity contribution in [3.8, 4) is 5.82 Å². The first kappa shape index (κ1) is 12.6. The van der Waals surface area contributed by atoms with Crippen LogP contribution >= 0.6 is 0 Å². The van der Waals surface area contributed by atoms with Gasteiger partial charge in [0.05, 0.1) is 18.5 Å². The fraction of sp³-hybridized carbons (Fsp3) is 0.214. The minimum Gasteiger partial charge on any atom is -0.383 e. The van der Waals surface area contributed by atoms with Gasteiger partial charge in [-0.1, -0.05) is 18.2 Å². The molecule has 1 aromatic carbocycles. The van der Waals surface area contributed by atoms with Gasteiger partial charge in [0.1, 0.15) is 6.33 Å². The van der Waals surface area contributed by atoms with Crippen molar-refractivity contribution >= 4 is 10.8 Å². The summed E-state index contributed by atoms with van der Waals surface area (Å²) in [5, 5.41) is 5.88. The summed E-state index contributed by atoms with van der Waals surface area (Å²) in [5.41, 5.74) is -0.110. The van der Waals surface area contributed by atoms with Gasteiger partial charge in [0, 0.05) is 24.9 Å². The Morgan fingerprint density at radius 1 is 1.25 bits per heavy atom. The first-order valence-corrected chi connectivity index (χ1v) is 6.28. The van der Waals surface area contributed by atoms with Crippen LogP contribution in [0, 0.1) is 0 Å². The van der Waals surface area contributed by atoms with Crippen LogP contribution < -0.4 is 5.56 Å². The van der Waals surface area contributed by atoms with Crippen LogP contribution in [0.3, 0.4) is 0 Å². The van der Waals surface area contributed by atoms with Crippen LogP contribution in [0.25, 0.3) is 16.6 Å². The van der Waals surface area contributed by atoms with E-state index in [1.165, 1.54) is 4.68 Å². The molecule has 3 rings (SSSR count). The lowest BCUT2D eigenvalue weighted by atomic mass is 10.2. The van der Waals surface area contributed by atoms with E-state index in [4.69, 9.17) is 4.74 Å². The zero-order valence-electron chi connectivity index (χ0n) is 11.1. The Hall–Kier alpha value is -2.47. The highest BCUT2D eigenvalue weighted by Gasteiger charge is 2.11. The molecule has 0 N–H and O–H groups in total. The average Bonchev–Trinajstić information content (AvgIpc) is 3.01. The van der Waals surface area contributed by atoms with E-state index in [2.05, 4.69) is 10.1 Å². The Kier molecular flexibility index (Phi) is 3.30. The zero-order valence-corrected chi connectivity index (χ0v) is 11.1. The number of methoxy groups -OCH3 is 1. The van der Waals surface area contributed by atoms with Crippen molar-refractivity contribution < 1.29 is 4.74 Å². The maximum absolute atomic E-state index is 12.4. The van der Waals surface area contributed by atoms with Gasteiger partial charge in [-0.3, -0.25) is 9.36 Å². The summed E-state index contributed by atoms with van der Waals surface area (Å²) in [6.45, 7) is 0.858. The average molecular weight is 270 g/mol. The minimum absolute atomic E-state index is 0.110. The minimum atomic E-state index is -0.110. The summed E-state index contributed by atoms with van der Waals surface area (Å²) >= 11 is 0. The Labute approximate surface area is 115 Å². The molecule has 0 unspecified atom stereocenters. The molecule has 0 amide bonds. The highest BCUT2D eigenvalue weighted by molar-refractivity contribution is 5.87. The molecular weight excluding hydrogens is 256 g/mol. The molecular formula is C14H14N4O2. The first-order chi connectivity index (χ1) is 9.81. The van der Waals surface area contributed by atoms with Crippen LogP contribution in [0.15, 0.2) is 47.8 Å². The number of hydrogen-bond acceptors (Lipinski definition) is 4. The second-order valence-electron chi connectivity index (χ2n) is 4.36. The van der Waals surface area contributed by atoms with Gasteiger partial charge in [0.15, 0.2) is 5.82 Å².